The van der Waals surface area contributed by atoms with Gasteiger partial charge in [-0.25, -0.2) is 0 Å². The van der Waals surface area contributed by atoms with Gasteiger partial charge in [-0.15, -0.1) is 10.2 Å². The first-order valence-electron chi connectivity index (χ1n) is 11.3. The summed E-state index contributed by atoms with van der Waals surface area (Å²) in [5, 5.41) is 11.5. The zero-order valence-electron chi connectivity index (χ0n) is 20.3. The van der Waals surface area contributed by atoms with E-state index < -0.39 is 17.6 Å². The second-order valence-electron chi connectivity index (χ2n) is 7.83. The third kappa shape index (κ3) is 6.40. The first-order valence-corrected chi connectivity index (χ1v) is 12.7. The zero-order valence-corrected chi connectivity index (χ0v) is 21.8. The van der Waals surface area contributed by atoms with Gasteiger partial charge in [0.1, 0.15) is 11.5 Å². The summed E-state index contributed by atoms with van der Waals surface area (Å²) in [6, 6.07) is 17.3. The molecule has 1 amide bonds. The predicted octanol–water partition coefficient (Wildman–Crippen LogP) is 6.74. The van der Waals surface area contributed by atoms with E-state index in [1.165, 1.54) is 0 Å². The lowest BCUT2D eigenvalue weighted by atomic mass is 10.2. The van der Waals surface area contributed by atoms with Crippen LogP contribution in [0, 0.1) is 0 Å². The fourth-order valence-electron chi connectivity index (χ4n) is 3.50. The van der Waals surface area contributed by atoms with Gasteiger partial charge in [-0.3, -0.25) is 9.36 Å². The second-order valence-corrected chi connectivity index (χ2v) is 9.18. The summed E-state index contributed by atoms with van der Waals surface area (Å²) in [6.45, 7) is 2.41. The molecule has 4 aromatic rings. The molecule has 3 aromatic carbocycles. The molecule has 0 bridgehead atoms. The van der Waals surface area contributed by atoms with Crippen molar-refractivity contribution in [3.05, 3.63) is 77.3 Å². The molecule has 0 saturated heterocycles. The summed E-state index contributed by atoms with van der Waals surface area (Å²) in [5.41, 5.74) is 0.454. The summed E-state index contributed by atoms with van der Waals surface area (Å²) in [6.07, 6.45) is -4.56. The van der Waals surface area contributed by atoms with Crippen LogP contribution in [0.4, 0.5) is 18.9 Å². The van der Waals surface area contributed by atoms with E-state index in [9.17, 15) is 18.0 Å². The molecule has 0 radical (unpaired) electrons. The molecule has 198 valence electrons. The Morgan fingerprint density at radius 1 is 1.03 bits per heavy atom. The van der Waals surface area contributed by atoms with Gasteiger partial charge in [-0.05, 0) is 73.7 Å². The van der Waals surface area contributed by atoms with Crippen LogP contribution in [0.2, 0.25) is 5.02 Å². The van der Waals surface area contributed by atoms with E-state index in [4.69, 9.17) is 21.1 Å². The minimum absolute atomic E-state index is 0.00398. The number of anilines is 1. The molecule has 38 heavy (non-hydrogen) atoms. The highest BCUT2D eigenvalue weighted by Gasteiger charge is 2.31. The van der Waals surface area contributed by atoms with Crippen LogP contribution in [0.5, 0.6) is 11.5 Å². The molecule has 0 aliphatic carbocycles. The SMILES string of the molecule is CCOc1ccc(-n2c(SCC(=O)Nc3cc(C(F)(F)F)ccc3Cl)nnc2-c2ccc(OC)cc2)cc1. The van der Waals surface area contributed by atoms with Crippen molar-refractivity contribution in [2.45, 2.75) is 18.3 Å². The molecule has 1 heterocycles. The molecule has 0 atom stereocenters. The Bertz CT molecular complexity index is 1410. The van der Waals surface area contributed by atoms with Gasteiger partial charge in [0.2, 0.25) is 5.91 Å². The predicted molar refractivity (Wildman–Crippen MR) is 140 cm³/mol. The number of halogens is 4. The Kier molecular flexibility index (Phi) is 8.48. The van der Waals surface area contributed by atoms with Gasteiger partial charge in [0.05, 0.1) is 35.7 Å². The van der Waals surface area contributed by atoms with E-state index in [1.807, 2.05) is 43.3 Å². The highest BCUT2D eigenvalue weighted by Crippen LogP contribution is 2.34. The van der Waals surface area contributed by atoms with Crippen molar-refractivity contribution in [1.29, 1.82) is 0 Å². The Labute approximate surface area is 225 Å². The van der Waals surface area contributed by atoms with Crippen molar-refractivity contribution in [1.82, 2.24) is 14.8 Å². The largest absolute Gasteiger partial charge is 0.497 e. The number of ether oxygens (including phenoxy) is 2. The number of nitrogens with one attached hydrogen (secondary N) is 1. The number of hydrogen-bond donors (Lipinski definition) is 1. The number of alkyl halides is 3. The normalized spacial score (nSPS) is 11.3. The fourth-order valence-corrected chi connectivity index (χ4v) is 4.41. The molecule has 4 rings (SSSR count). The summed E-state index contributed by atoms with van der Waals surface area (Å²) >= 11 is 7.08. The highest BCUT2D eigenvalue weighted by atomic mass is 35.5. The van der Waals surface area contributed by atoms with Gasteiger partial charge in [-0.2, -0.15) is 13.2 Å². The zero-order chi connectivity index (χ0) is 27.3. The number of carbonyl (C=O) groups excluding carboxylic acids is 1. The Hall–Kier alpha value is -3.70. The summed E-state index contributed by atoms with van der Waals surface area (Å²) in [7, 11) is 1.57. The first-order chi connectivity index (χ1) is 18.2. The monoisotopic (exact) mass is 562 g/mol. The highest BCUT2D eigenvalue weighted by molar-refractivity contribution is 7.99. The van der Waals surface area contributed by atoms with Crippen molar-refractivity contribution in [2.24, 2.45) is 0 Å². The summed E-state index contributed by atoms with van der Waals surface area (Å²) in [5.74, 6) is 1.20. The third-order valence-corrected chi connectivity index (χ3v) is 6.55. The van der Waals surface area contributed by atoms with E-state index >= 15 is 0 Å². The standard InChI is InChI=1S/C26H22ClF3N4O3S/c1-3-37-20-11-7-18(8-12-20)34-24(16-4-9-19(36-2)10-5-16)32-33-25(34)38-15-23(35)31-22-14-17(26(28,29)30)6-13-21(22)27/h4-14H,3,15H2,1-2H3,(H,31,35). The quantitative estimate of drug-likeness (QED) is 0.228. The number of thioether (sulfide) groups is 1. The lowest BCUT2D eigenvalue weighted by molar-refractivity contribution is -0.137. The maximum atomic E-state index is 13.1. The number of hydrogen-bond acceptors (Lipinski definition) is 6. The van der Waals surface area contributed by atoms with E-state index in [2.05, 4.69) is 15.5 Å². The van der Waals surface area contributed by atoms with Crippen LogP contribution in [0.3, 0.4) is 0 Å². The van der Waals surface area contributed by atoms with Gasteiger partial charge < -0.3 is 14.8 Å². The van der Waals surface area contributed by atoms with Gasteiger partial charge in [-0.1, -0.05) is 23.4 Å². The van der Waals surface area contributed by atoms with Crippen molar-refractivity contribution in [3.8, 4) is 28.6 Å². The number of nitrogens with zero attached hydrogens (tertiary/aromatic N) is 3. The lowest BCUT2D eigenvalue weighted by Crippen LogP contribution is -2.16. The number of rotatable bonds is 9. The fraction of sp³-hybridized carbons (Fsp3) is 0.192. The van der Waals surface area contributed by atoms with E-state index in [-0.39, 0.29) is 16.5 Å². The first kappa shape index (κ1) is 27.3. The third-order valence-electron chi connectivity index (χ3n) is 5.29. The van der Waals surface area contributed by atoms with Crippen LogP contribution in [0.25, 0.3) is 17.1 Å². The van der Waals surface area contributed by atoms with Crippen LogP contribution in [0.15, 0.2) is 71.9 Å². The molecule has 0 spiro atoms. The molecule has 1 N–H and O–H groups in total. The topological polar surface area (TPSA) is 78.3 Å². The summed E-state index contributed by atoms with van der Waals surface area (Å²) in [4.78, 5) is 12.7. The molecular weight excluding hydrogens is 541 g/mol. The average Bonchev–Trinajstić information content (AvgIpc) is 3.33. The van der Waals surface area contributed by atoms with E-state index in [1.54, 1.807) is 23.8 Å². The van der Waals surface area contributed by atoms with Gasteiger partial charge in [0, 0.05) is 11.3 Å². The van der Waals surface area contributed by atoms with Crippen molar-refractivity contribution in [2.75, 3.05) is 24.8 Å². The van der Waals surface area contributed by atoms with Crippen LogP contribution in [-0.4, -0.2) is 40.1 Å². The molecule has 0 unspecified atom stereocenters. The molecule has 0 aliphatic rings. The van der Waals surface area contributed by atoms with Crippen LogP contribution in [-0.2, 0) is 11.0 Å². The Balaban J connectivity index is 1.59. The van der Waals surface area contributed by atoms with Crippen LogP contribution >= 0.6 is 23.4 Å². The number of methoxy groups -OCH3 is 1. The number of aromatic nitrogens is 3. The molecule has 0 saturated carbocycles. The van der Waals surface area contributed by atoms with Gasteiger partial charge in [0.25, 0.3) is 0 Å². The number of carbonyl (C=O) groups is 1. The second kappa shape index (κ2) is 11.8. The van der Waals surface area contributed by atoms with Crippen molar-refractivity contribution in [3.63, 3.8) is 0 Å². The molecular formula is C26H22ClF3N4O3S. The van der Waals surface area contributed by atoms with Gasteiger partial charge in [0.15, 0.2) is 11.0 Å². The van der Waals surface area contributed by atoms with Gasteiger partial charge >= 0.3 is 6.18 Å². The minimum Gasteiger partial charge on any atom is -0.497 e. The minimum atomic E-state index is -4.56. The van der Waals surface area contributed by atoms with E-state index in [0.29, 0.717) is 29.1 Å². The Morgan fingerprint density at radius 2 is 1.71 bits per heavy atom. The smallest absolute Gasteiger partial charge is 0.416 e. The maximum Gasteiger partial charge on any atom is 0.416 e. The van der Waals surface area contributed by atoms with Crippen molar-refractivity contribution >= 4 is 35.0 Å². The van der Waals surface area contributed by atoms with Crippen LogP contribution < -0.4 is 14.8 Å². The molecule has 0 aliphatic heterocycles. The van der Waals surface area contributed by atoms with Crippen molar-refractivity contribution < 1.29 is 27.4 Å². The number of benzene rings is 3. The molecule has 1 aromatic heterocycles. The molecule has 12 heteroatoms. The average molecular weight is 563 g/mol. The number of amides is 1. The summed E-state index contributed by atoms with van der Waals surface area (Å²) < 4.78 is 51.8. The molecule has 0 fully saturated rings. The molecule has 7 nitrogen and oxygen atoms in total. The van der Waals surface area contributed by atoms with E-state index in [0.717, 1.165) is 41.2 Å². The lowest BCUT2D eigenvalue weighted by Gasteiger charge is -2.13. The Morgan fingerprint density at radius 3 is 2.34 bits per heavy atom. The maximum absolute atomic E-state index is 13.1. The van der Waals surface area contributed by atoms with Crippen LogP contribution in [0.1, 0.15) is 12.5 Å².